The lowest BCUT2D eigenvalue weighted by atomic mass is 9.95. The van der Waals surface area contributed by atoms with E-state index < -0.39 is 0 Å². The molecule has 1 amide bonds. The number of thiophene rings is 1. The molecule has 2 aromatic heterocycles. The van der Waals surface area contributed by atoms with Gasteiger partial charge in [0.1, 0.15) is 5.56 Å². The van der Waals surface area contributed by atoms with E-state index >= 15 is 0 Å². The number of nitrogens with zero attached hydrogens (tertiary/aromatic N) is 1. The molecule has 0 spiro atoms. The fourth-order valence-electron chi connectivity index (χ4n) is 2.89. The van der Waals surface area contributed by atoms with E-state index in [4.69, 9.17) is 0 Å². The van der Waals surface area contributed by atoms with Crippen LogP contribution < -0.4 is 5.56 Å². The number of nitrogens with one attached hydrogen (secondary N) is 1. The van der Waals surface area contributed by atoms with Gasteiger partial charge in [-0.05, 0) is 61.2 Å². The molecule has 0 radical (unpaired) electrons. The molecule has 0 saturated carbocycles. The van der Waals surface area contributed by atoms with Crippen LogP contribution in [-0.2, 0) is 19.4 Å². The molecule has 0 atom stereocenters. The maximum absolute atomic E-state index is 12.6. The Kier molecular flexibility index (Phi) is 4.16. The van der Waals surface area contributed by atoms with Crippen LogP contribution in [0.5, 0.6) is 0 Å². The summed E-state index contributed by atoms with van der Waals surface area (Å²) in [5.41, 5.74) is 3.31. The van der Waals surface area contributed by atoms with Gasteiger partial charge in [-0.3, -0.25) is 9.59 Å². The topological polar surface area (TPSA) is 53.2 Å². The molecule has 1 aliphatic rings. The molecule has 22 heavy (non-hydrogen) atoms. The van der Waals surface area contributed by atoms with Gasteiger partial charge in [0.05, 0.1) is 6.54 Å². The minimum absolute atomic E-state index is 0.206. The van der Waals surface area contributed by atoms with Gasteiger partial charge < -0.3 is 9.88 Å². The van der Waals surface area contributed by atoms with Gasteiger partial charge in [0.2, 0.25) is 0 Å². The Balaban J connectivity index is 1.85. The van der Waals surface area contributed by atoms with Crippen LogP contribution >= 0.6 is 11.3 Å². The van der Waals surface area contributed by atoms with Gasteiger partial charge in [-0.25, -0.2) is 0 Å². The lowest BCUT2D eigenvalue weighted by molar-refractivity contribution is 0.0784. The normalized spacial score (nSPS) is 13.7. The predicted octanol–water partition coefficient (Wildman–Crippen LogP) is 2.90. The van der Waals surface area contributed by atoms with E-state index in [9.17, 15) is 9.59 Å². The fourth-order valence-corrected chi connectivity index (χ4v) is 3.85. The standard InChI is InChI=1S/C17H20N2O2S/c1-11-7-8-22-15(11)10-19(2)17(21)13-9-12-5-3-4-6-14(12)18-16(13)20/h7-9H,3-6,10H2,1-2H3,(H,18,20). The molecule has 3 rings (SSSR count). The summed E-state index contributed by atoms with van der Waals surface area (Å²) >= 11 is 1.64. The summed E-state index contributed by atoms with van der Waals surface area (Å²) in [7, 11) is 1.75. The maximum atomic E-state index is 12.6. The van der Waals surface area contributed by atoms with Crippen LogP contribution in [0.1, 0.15) is 44.9 Å². The Morgan fingerprint density at radius 1 is 1.36 bits per heavy atom. The number of amides is 1. The zero-order chi connectivity index (χ0) is 15.7. The highest BCUT2D eigenvalue weighted by Crippen LogP contribution is 2.20. The Morgan fingerprint density at radius 2 is 2.14 bits per heavy atom. The zero-order valence-corrected chi connectivity index (χ0v) is 13.8. The second kappa shape index (κ2) is 6.08. The van der Waals surface area contributed by atoms with E-state index in [0.717, 1.165) is 41.8 Å². The molecule has 0 bridgehead atoms. The monoisotopic (exact) mass is 316 g/mol. The van der Waals surface area contributed by atoms with Crippen LogP contribution in [0, 0.1) is 6.92 Å². The largest absolute Gasteiger partial charge is 0.336 e. The number of carbonyl (C=O) groups excluding carboxylic acids is 1. The Bertz CT molecular complexity index is 760. The highest BCUT2D eigenvalue weighted by Gasteiger charge is 2.20. The van der Waals surface area contributed by atoms with Gasteiger partial charge in [-0.2, -0.15) is 0 Å². The quantitative estimate of drug-likeness (QED) is 0.946. The van der Waals surface area contributed by atoms with E-state index in [2.05, 4.69) is 4.98 Å². The number of pyridine rings is 1. The molecule has 2 aromatic rings. The van der Waals surface area contributed by atoms with E-state index in [0.29, 0.717) is 6.54 Å². The molecule has 5 heteroatoms. The van der Waals surface area contributed by atoms with Gasteiger partial charge in [-0.1, -0.05) is 0 Å². The molecule has 116 valence electrons. The highest BCUT2D eigenvalue weighted by molar-refractivity contribution is 7.10. The van der Waals surface area contributed by atoms with Crippen molar-refractivity contribution >= 4 is 17.2 Å². The van der Waals surface area contributed by atoms with E-state index in [1.165, 1.54) is 5.56 Å². The maximum Gasteiger partial charge on any atom is 0.261 e. The van der Waals surface area contributed by atoms with Crippen molar-refractivity contribution in [2.45, 2.75) is 39.2 Å². The molecule has 0 aromatic carbocycles. The first-order valence-corrected chi connectivity index (χ1v) is 8.47. The molecular formula is C17H20N2O2S. The molecular weight excluding hydrogens is 296 g/mol. The third-order valence-electron chi connectivity index (χ3n) is 4.26. The predicted molar refractivity (Wildman–Crippen MR) is 88.6 cm³/mol. The Morgan fingerprint density at radius 3 is 2.86 bits per heavy atom. The smallest absolute Gasteiger partial charge is 0.261 e. The van der Waals surface area contributed by atoms with Crippen molar-refractivity contribution in [3.8, 4) is 0 Å². The minimum Gasteiger partial charge on any atom is -0.336 e. The van der Waals surface area contributed by atoms with Crippen molar-refractivity contribution in [1.82, 2.24) is 9.88 Å². The molecule has 0 unspecified atom stereocenters. The zero-order valence-electron chi connectivity index (χ0n) is 12.9. The molecule has 1 aliphatic carbocycles. The number of carbonyl (C=O) groups is 1. The number of H-pyrrole nitrogens is 1. The van der Waals surface area contributed by atoms with Gasteiger partial charge in [0.25, 0.3) is 11.5 Å². The first-order chi connectivity index (χ1) is 10.6. The first kappa shape index (κ1) is 15.0. The third kappa shape index (κ3) is 2.86. The van der Waals surface area contributed by atoms with Crippen molar-refractivity contribution < 1.29 is 4.79 Å². The number of fused-ring (bicyclic) bond motifs is 1. The number of aromatic nitrogens is 1. The molecule has 1 N–H and O–H groups in total. The molecule has 0 aliphatic heterocycles. The van der Waals surface area contributed by atoms with Gasteiger partial charge in [0, 0.05) is 17.6 Å². The summed E-state index contributed by atoms with van der Waals surface area (Å²) in [6, 6.07) is 3.84. The lowest BCUT2D eigenvalue weighted by Crippen LogP contribution is -2.32. The van der Waals surface area contributed by atoms with Crippen molar-refractivity contribution in [3.05, 3.63) is 55.1 Å². The Hall–Kier alpha value is -1.88. The summed E-state index contributed by atoms with van der Waals surface area (Å²) in [4.78, 5) is 30.5. The second-order valence-corrected chi connectivity index (χ2v) is 6.91. The molecule has 0 saturated heterocycles. The van der Waals surface area contributed by atoms with Crippen LogP contribution in [0.25, 0.3) is 0 Å². The minimum atomic E-state index is -0.264. The summed E-state index contributed by atoms with van der Waals surface area (Å²) < 4.78 is 0. The van der Waals surface area contributed by atoms with Crippen LogP contribution in [0.3, 0.4) is 0 Å². The SMILES string of the molecule is Cc1ccsc1CN(C)C(=O)c1cc2c([nH]c1=O)CCCC2. The Labute approximate surface area is 133 Å². The summed E-state index contributed by atoms with van der Waals surface area (Å²) in [6.07, 6.45) is 4.08. The summed E-state index contributed by atoms with van der Waals surface area (Å²) in [5, 5.41) is 2.02. The van der Waals surface area contributed by atoms with Crippen LogP contribution in [0.4, 0.5) is 0 Å². The first-order valence-electron chi connectivity index (χ1n) is 7.60. The van der Waals surface area contributed by atoms with E-state index in [1.807, 2.05) is 18.4 Å². The van der Waals surface area contributed by atoms with E-state index in [-0.39, 0.29) is 17.0 Å². The average Bonchev–Trinajstić information content (AvgIpc) is 2.91. The lowest BCUT2D eigenvalue weighted by Gasteiger charge is -2.19. The fraction of sp³-hybridized carbons (Fsp3) is 0.412. The van der Waals surface area contributed by atoms with Gasteiger partial charge >= 0.3 is 0 Å². The van der Waals surface area contributed by atoms with Crippen molar-refractivity contribution in [2.75, 3.05) is 7.05 Å². The number of aryl methyl sites for hydroxylation is 3. The van der Waals surface area contributed by atoms with Gasteiger partial charge in [0.15, 0.2) is 0 Å². The number of hydrogen-bond acceptors (Lipinski definition) is 3. The van der Waals surface area contributed by atoms with Gasteiger partial charge in [-0.15, -0.1) is 11.3 Å². The average molecular weight is 316 g/mol. The second-order valence-electron chi connectivity index (χ2n) is 5.91. The van der Waals surface area contributed by atoms with E-state index in [1.54, 1.807) is 29.4 Å². The van der Waals surface area contributed by atoms with Crippen molar-refractivity contribution in [1.29, 1.82) is 0 Å². The molecule has 4 nitrogen and oxygen atoms in total. The van der Waals surface area contributed by atoms with Crippen LogP contribution in [-0.4, -0.2) is 22.8 Å². The third-order valence-corrected chi connectivity index (χ3v) is 5.27. The van der Waals surface area contributed by atoms with Crippen molar-refractivity contribution in [3.63, 3.8) is 0 Å². The summed E-state index contributed by atoms with van der Waals surface area (Å²) in [6.45, 7) is 2.58. The summed E-state index contributed by atoms with van der Waals surface area (Å²) in [5.74, 6) is -0.206. The van der Waals surface area contributed by atoms with Crippen molar-refractivity contribution in [2.24, 2.45) is 0 Å². The van der Waals surface area contributed by atoms with Crippen LogP contribution in [0.2, 0.25) is 0 Å². The number of rotatable bonds is 3. The molecule has 0 fully saturated rings. The van der Waals surface area contributed by atoms with Crippen LogP contribution in [0.15, 0.2) is 22.3 Å². The number of aromatic amines is 1. The molecule has 2 heterocycles. The number of hydrogen-bond donors (Lipinski definition) is 1. The highest BCUT2D eigenvalue weighted by atomic mass is 32.1.